The molecule has 0 atom stereocenters. The molecule has 0 unspecified atom stereocenters. The van der Waals surface area contributed by atoms with Crippen molar-refractivity contribution in [3.05, 3.63) is 87.8 Å². The maximum atomic E-state index is 11.5. The van der Waals surface area contributed by atoms with Gasteiger partial charge in [-0.3, -0.25) is 4.98 Å². The molecule has 1 aliphatic carbocycles. The van der Waals surface area contributed by atoms with Crippen molar-refractivity contribution >= 4 is 5.57 Å². The van der Waals surface area contributed by atoms with Crippen molar-refractivity contribution in [1.29, 1.82) is 0 Å². The molecule has 0 spiro atoms. The van der Waals surface area contributed by atoms with E-state index in [4.69, 9.17) is 0 Å². The largest absolute Gasteiger partial charge is 0.507 e. The molecule has 1 aliphatic rings. The number of aromatic nitrogens is 1. The number of allylic oxidation sites excluding steroid dienone is 3. The summed E-state index contributed by atoms with van der Waals surface area (Å²) in [5, 5.41) is 22.9. The second-order valence-corrected chi connectivity index (χ2v) is 14.6. The van der Waals surface area contributed by atoms with Gasteiger partial charge < -0.3 is 10.2 Å². The van der Waals surface area contributed by atoms with Crippen LogP contribution in [-0.4, -0.2) is 21.3 Å². The molecule has 0 saturated carbocycles. The highest BCUT2D eigenvalue weighted by molar-refractivity contribution is 5.87. The van der Waals surface area contributed by atoms with E-state index in [1.54, 1.807) is 6.20 Å². The molecule has 0 radical (unpaired) electrons. The van der Waals surface area contributed by atoms with E-state index >= 15 is 0 Å². The number of aliphatic hydroxyl groups is 1. The molecule has 1 heterocycles. The Balaban J connectivity index is 2.55. The average molecular weight is 502 g/mol. The first kappa shape index (κ1) is 28.9. The highest BCUT2D eigenvalue weighted by Gasteiger charge is 2.35. The zero-order chi connectivity index (χ0) is 28.1. The third-order valence-corrected chi connectivity index (χ3v) is 7.20. The monoisotopic (exact) mass is 501 g/mol. The van der Waals surface area contributed by atoms with E-state index in [0.29, 0.717) is 5.75 Å². The molecule has 0 amide bonds. The number of aliphatic hydroxyl groups excluding tert-OH is 1. The molecule has 2 N–H and O–H groups in total. The third-order valence-electron chi connectivity index (χ3n) is 7.20. The summed E-state index contributed by atoms with van der Waals surface area (Å²) < 4.78 is 0. The van der Waals surface area contributed by atoms with Gasteiger partial charge in [-0.25, -0.2) is 0 Å². The normalized spacial score (nSPS) is 17.4. The number of rotatable bonds is 2. The molecule has 0 aliphatic heterocycles. The van der Waals surface area contributed by atoms with Gasteiger partial charge in [0.25, 0.3) is 0 Å². The number of phenols is 1. The summed E-state index contributed by atoms with van der Waals surface area (Å²) in [7, 11) is 0. The molecule has 37 heavy (non-hydrogen) atoms. The molecule has 1 aromatic carbocycles. The molecule has 3 rings (SSSR count). The van der Waals surface area contributed by atoms with E-state index in [1.165, 1.54) is 0 Å². The minimum atomic E-state index is -0.631. The highest BCUT2D eigenvalue weighted by atomic mass is 16.3. The standard InChI is InChI=1S/C34H47NO2/c1-31(2,3)24-16-22(17-25(29(24)36)32(4,5)6)28(21-14-13-15-35-20-21)23-18-26(33(7,8)9)30(37)27(19-23)34(10,11)12/h13-20,29,36-37H,1-12H3. The first-order valence-corrected chi connectivity index (χ1v) is 13.4. The van der Waals surface area contributed by atoms with Crippen molar-refractivity contribution in [2.45, 2.75) is 100 Å². The Morgan fingerprint density at radius 3 is 1.51 bits per heavy atom. The van der Waals surface area contributed by atoms with Crippen molar-refractivity contribution in [2.24, 2.45) is 10.8 Å². The maximum absolute atomic E-state index is 11.5. The van der Waals surface area contributed by atoms with Crippen LogP contribution in [0, 0.1) is 10.8 Å². The molecule has 3 heteroatoms. The van der Waals surface area contributed by atoms with Crippen LogP contribution in [0.2, 0.25) is 0 Å². The van der Waals surface area contributed by atoms with Gasteiger partial charge >= 0.3 is 0 Å². The molecule has 0 bridgehead atoms. The predicted molar refractivity (Wildman–Crippen MR) is 157 cm³/mol. The van der Waals surface area contributed by atoms with Gasteiger partial charge in [0.2, 0.25) is 0 Å². The molecule has 200 valence electrons. The van der Waals surface area contributed by atoms with E-state index in [0.717, 1.165) is 44.5 Å². The van der Waals surface area contributed by atoms with Crippen LogP contribution in [0.1, 0.15) is 105 Å². The van der Waals surface area contributed by atoms with Gasteiger partial charge in [-0.1, -0.05) is 101 Å². The summed E-state index contributed by atoms with van der Waals surface area (Å²) in [6.07, 6.45) is 7.41. The molecule has 0 fully saturated rings. The van der Waals surface area contributed by atoms with Crippen LogP contribution in [0.25, 0.3) is 5.57 Å². The fourth-order valence-corrected chi connectivity index (χ4v) is 5.03. The Hall–Kier alpha value is -2.65. The predicted octanol–water partition coefficient (Wildman–Crippen LogP) is 8.50. The topological polar surface area (TPSA) is 53.4 Å². The number of hydrogen-bond acceptors (Lipinski definition) is 3. The summed E-state index contributed by atoms with van der Waals surface area (Å²) in [6.45, 7) is 25.8. The van der Waals surface area contributed by atoms with Gasteiger partial charge in [0.1, 0.15) is 5.75 Å². The summed E-state index contributed by atoms with van der Waals surface area (Å²) in [5.74, 6) is 0.371. The van der Waals surface area contributed by atoms with Gasteiger partial charge in [0.05, 0.1) is 6.10 Å². The van der Waals surface area contributed by atoms with Crippen LogP contribution in [0.4, 0.5) is 0 Å². The summed E-state index contributed by atoms with van der Waals surface area (Å²) in [5.41, 5.74) is 7.10. The Morgan fingerprint density at radius 2 is 1.16 bits per heavy atom. The van der Waals surface area contributed by atoms with Crippen molar-refractivity contribution in [3.63, 3.8) is 0 Å². The summed E-state index contributed by atoms with van der Waals surface area (Å²) in [4.78, 5) is 4.46. The number of nitrogens with zero attached hydrogens (tertiary/aromatic N) is 1. The third kappa shape index (κ3) is 6.09. The molecule has 1 aromatic heterocycles. The molecular formula is C34H47NO2. The smallest absolute Gasteiger partial charge is 0.123 e. The van der Waals surface area contributed by atoms with Crippen molar-refractivity contribution in [2.75, 3.05) is 0 Å². The van der Waals surface area contributed by atoms with Gasteiger partial charge in [-0.2, -0.15) is 0 Å². The number of pyridine rings is 1. The van der Waals surface area contributed by atoms with E-state index < -0.39 is 6.10 Å². The fourth-order valence-electron chi connectivity index (χ4n) is 5.03. The highest BCUT2D eigenvalue weighted by Crippen LogP contribution is 2.46. The van der Waals surface area contributed by atoms with Gasteiger partial charge in [0, 0.05) is 29.1 Å². The number of benzene rings is 1. The van der Waals surface area contributed by atoms with Crippen LogP contribution in [0.3, 0.4) is 0 Å². The number of aromatic hydroxyl groups is 1. The Labute approximate surface area is 225 Å². The molecular weight excluding hydrogens is 454 g/mol. The number of hydrogen-bond donors (Lipinski definition) is 2. The molecule has 3 nitrogen and oxygen atoms in total. The minimum absolute atomic E-state index is 0.211. The first-order valence-electron chi connectivity index (χ1n) is 13.4. The maximum Gasteiger partial charge on any atom is 0.123 e. The van der Waals surface area contributed by atoms with Crippen LogP contribution >= 0.6 is 0 Å². The van der Waals surface area contributed by atoms with Crippen molar-refractivity contribution < 1.29 is 10.2 Å². The van der Waals surface area contributed by atoms with Crippen LogP contribution < -0.4 is 0 Å². The zero-order valence-electron chi connectivity index (χ0n) is 25.0. The van der Waals surface area contributed by atoms with E-state index in [1.807, 2.05) is 12.3 Å². The quantitative estimate of drug-likeness (QED) is 0.434. The van der Waals surface area contributed by atoms with Gasteiger partial charge in [0.15, 0.2) is 0 Å². The summed E-state index contributed by atoms with van der Waals surface area (Å²) >= 11 is 0. The average Bonchev–Trinajstić information content (AvgIpc) is 2.73. The molecule has 0 saturated heterocycles. The van der Waals surface area contributed by atoms with Crippen molar-refractivity contribution in [3.8, 4) is 5.75 Å². The Morgan fingerprint density at radius 1 is 0.703 bits per heavy atom. The van der Waals surface area contributed by atoms with Crippen LogP contribution in [-0.2, 0) is 10.8 Å². The lowest BCUT2D eigenvalue weighted by atomic mass is 9.70. The Kier molecular flexibility index (Phi) is 7.49. The van der Waals surface area contributed by atoms with E-state index in [9.17, 15) is 10.2 Å². The van der Waals surface area contributed by atoms with E-state index in [2.05, 4.69) is 118 Å². The van der Waals surface area contributed by atoms with Crippen LogP contribution in [0.5, 0.6) is 5.75 Å². The molecule has 2 aromatic rings. The number of phenolic OH excluding ortho intramolecular Hbond substituents is 1. The summed E-state index contributed by atoms with van der Waals surface area (Å²) in [6, 6.07) is 8.34. The van der Waals surface area contributed by atoms with E-state index in [-0.39, 0.29) is 21.7 Å². The minimum Gasteiger partial charge on any atom is -0.507 e. The zero-order valence-corrected chi connectivity index (χ0v) is 25.0. The lowest BCUT2D eigenvalue weighted by Crippen LogP contribution is -2.32. The second kappa shape index (κ2) is 9.58. The van der Waals surface area contributed by atoms with Crippen molar-refractivity contribution in [1.82, 2.24) is 4.98 Å². The van der Waals surface area contributed by atoms with Gasteiger partial charge in [-0.05, 0) is 67.7 Å². The van der Waals surface area contributed by atoms with Crippen LogP contribution in [0.15, 0.2) is 65.5 Å². The van der Waals surface area contributed by atoms with Gasteiger partial charge in [-0.15, -0.1) is 0 Å². The lowest BCUT2D eigenvalue weighted by Gasteiger charge is -2.37. The Bertz CT molecular complexity index is 1180. The lowest BCUT2D eigenvalue weighted by molar-refractivity contribution is 0.192. The first-order chi connectivity index (χ1) is 16.7. The fraction of sp³-hybridized carbons (Fsp3) is 0.500. The SMILES string of the molecule is CC(C)(C)C1=CC(=C(c2cccnc2)c2cc(C(C)(C)C)c(O)c(C(C)(C)C)c2)C=C(C(C)(C)C)C1O. The second-order valence-electron chi connectivity index (χ2n) is 14.6.